The Morgan fingerprint density at radius 3 is 3.22 bits per heavy atom. The number of hydrogen-bond acceptors (Lipinski definition) is 3. The molecule has 3 heterocycles. The topological polar surface area (TPSA) is 66.6 Å². The van der Waals surface area contributed by atoms with Crippen molar-refractivity contribution in [2.45, 2.75) is 12.3 Å². The predicted molar refractivity (Wildman–Crippen MR) is 66.5 cm³/mol. The summed E-state index contributed by atoms with van der Waals surface area (Å²) >= 11 is 0. The van der Waals surface area contributed by atoms with Gasteiger partial charge in [0.05, 0.1) is 5.92 Å². The monoisotopic (exact) mass is 245 g/mol. The average molecular weight is 245 g/mol. The van der Waals surface area contributed by atoms with Crippen molar-refractivity contribution in [3.05, 3.63) is 36.3 Å². The maximum atomic E-state index is 11.3. The van der Waals surface area contributed by atoms with Crippen LogP contribution in [-0.2, 0) is 4.79 Å². The number of carboxylic acids is 1. The van der Waals surface area contributed by atoms with Crippen LogP contribution in [0.2, 0.25) is 0 Å². The quantitative estimate of drug-likeness (QED) is 0.831. The highest BCUT2D eigenvalue weighted by molar-refractivity contribution is 5.72. The zero-order valence-corrected chi connectivity index (χ0v) is 9.91. The van der Waals surface area contributed by atoms with Crippen molar-refractivity contribution >= 4 is 11.6 Å². The molecule has 1 saturated heterocycles. The zero-order valence-electron chi connectivity index (χ0n) is 9.91. The summed E-state index contributed by atoms with van der Waals surface area (Å²) in [5, 5.41) is 12.5. The highest BCUT2D eigenvalue weighted by Gasteiger charge is 2.33. The smallest absolute Gasteiger partial charge is 0.308 e. The second kappa shape index (κ2) is 4.42. The summed E-state index contributed by atoms with van der Waals surface area (Å²) in [5.41, 5.74) is 1.87. The van der Waals surface area contributed by atoms with Crippen LogP contribution in [-0.4, -0.2) is 33.6 Å². The van der Waals surface area contributed by atoms with E-state index in [1.807, 2.05) is 28.8 Å². The number of carboxylic acid groups (broad SMARTS) is 1. The van der Waals surface area contributed by atoms with Gasteiger partial charge in [-0.1, -0.05) is 6.07 Å². The van der Waals surface area contributed by atoms with Crippen LogP contribution in [0, 0.1) is 5.92 Å². The van der Waals surface area contributed by atoms with Gasteiger partial charge in [-0.25, -0.2) is 4.98 Å². The van der Waals surface area contributed by atoms with Crippen molar-refractivity contribution in [2.24, 2.45) is 5.92 Å². The third kappa shape index (κ3) is 1.76. The number of rotatable bonds is 2. The highest BCUT2D eigenvalue weighted by Crippen LogP contribution is 2.30. The molecule has 5 heteroatoms. The number of fused-ring (bicyclic) bond motifs is 1. The summed E-state index contributed by atoms with van der Waals surface area (Å²) in [6.07, 6.45) is 4.58. The lowest BCUT2D eigenvalue weighted by Crippen LogP contribution is -2.40. The molecule has 18 heavy (non-hydrogen) atoms. The molecule has 1 aliphatic heterocycles. The van der Waals surface area contributed by atoms with Gasteiger partial charge < -0.3 is 14.8 Å². The number of piperidine rings is 1. The van der Waals surface area contributed by atoms with Crippen LogP contribution in [0.5, 0.6) is 0 Å². The van der Waals surface area contributed by atoms with E-state index in [0.29, 0.717) is 6.54 Å². The van der Waals surface area contributed by atoms with Gasteiger partial charge in [-0.2, -0.15) is 0 Å². The largest absolute Gasteiger partial charge is 0.481 e. The lowest BCUT2D eigenvalue weighted by atomic mass is 9.84. The van der Waals surface area contributed by atoms with Gasteiger partial charge in [-0.15, -0.1) is 0 Å². The summed E-state index contributed by atoms with van der Waals surface area (Å²) in [5.74, 6) is -1.09. The first kappa shape index (κ1) is 11.2. The molecule has 2 unspecified atom stereocenters. The van der Waals surface area contributed by atoms with E-state index >= 15 is 0 Å². The molecule has 1 aliphatic rings. The molecular formula is C13H15N3O2. The van der Waals surface area contributed by atoms with Gasteiger partial charge in [-0.3, -0.25) is 4.79 Å². The lowest BCUT2D eigenvalue weighted by Gasteiger charge is -2.28. The number of hydrogen-bond donors (Lipinski definition) is 2. The molecule has 2 aromatic heterocycles. The number of nitrogens with zero attached hydrogens (tertiary/aromatic N) is 2. The number of pyridine rings is 1. The van der Waals surface area contributed by atoms with Crippen LogP contribution in [0.25, 0.3) is 5.65 Å². The summed E-state index contributed by atoms with van der Waals surface area (Å²) in [4.78, 5) is 15.7. The second-order valence-electron chi connectivity index (χ2n) is 4.66. The lowest BCUT2D eigenvalue weighted by molar-refractivity contribution is -0.143. The number of imidazole rings is 1. The second-order valence-corrected chi connectivity index (χ2v) is 4.66. The first-order valence-corrected chi connectivity index (χ1v) is 6.13. The summed E-state index contributed by atoms with van der Waals surface area (Å²) in [6.45, 7) is 1.38. The number of aliphatic carboxylic acids is 1. The molecule has 1 fully saturated rings. The Kier molecular flexibility index (Phi) is 2.76. The van der Waals surface area contributed by atoms with E-state index < -0.39 is 5.97 Å². The molecule has 0 amide bonds. The predicted octanol–water partition coefficient (Wildman–Crippen LogP) is 1.11. The van der Waals surface area contributed by atoms with Crippen LogP contribution in [0.3, 0.4) is 0 Å². The molecule has 5 nitrogen and oxygen atoms in total. The molecule has 2 N–H and O–H groups in total. The van der Waals surface area contributed by atoms with Gasteiger partial charge >= 0.3 is 5.97 Å². The van der Waals surface area contributed by atoms with Crippen LogP contribution >= 0.6 is 0 Å². The van der Waals surface area contributed by atoms with E-state index in [9.17, 15) is 9.90 Å². The molecule has 2 atom stereocenters. The fourth-order valence-electron chi connectivity index (χ4n) is 2.70. The minimum Gasteiger partial charge on any atom is -0.481 e. The maximum absolute atomic E-state index is 11.3. The average Bonchev–Trinajstić information content (AvgIpc) is 2.82. The Labute approximate surface area is 104 Å². The van der Waals surface area contributed by atoms with Gasteiger partial charge in [0.1, 0.15) is 5.65 Å². The van der Waals surface area contributed by atoms with Gasteiger partial charge in [0.25, 0.3) is 0 Å². The number of aromatic nitrogens is 2. The Morgan fingerprint density at radius 1 is 1.50 bits per heavy atom. The molecular weight excluding hydrogens is 230 g/mol. The molecule has 0 aromatic carbocycles. The fraction of sp³-hybridized carbons (Fsp3) is 0.385. The molecule has 0 radical (unpaired) electrons. The maximum Gasteiger partial charge on any atom is 0.308 e. The first-order chi connectivity index (χ1) is 8.77. The fourth-order valence-corrected chi connectivity index (χ4v) is 2.70. The zero-order chi connectivity index (χ0) is 12.5. The van der Waals surface area contributed by atoms with E-state index in [2.05, 4.69) is 10.3 Å². The minimum atomic E-state index is -0.738. The molecule has 0 saturated carbocycles. The Morgan fingerprint density at radius 2 is 2.39 bits per heavy atom. The minimum absolute atomic E-state index is 0.0288. The van der Waals surface area contributed by atoms with Crippen LogP contribution in [0.15, 0.2) is 30.6 Å². The van der Waals surface area contributed by atoms with E-state index in [1.165, 1.54) is 0 Å². The first-order valence-electron chi connectivity index (χ1n) is 6.13. The molecule has 2 aromatic rings. The Balaban J connectivity index is 2.04. The number of carbonyl (C=O) groups is 1. The van der Waals surface area contributed by atoms with Gasteiger partial charge in [0, 0.05) is 30.6 Å². The third-order valence-electron chi connectivity index (χ3n) is 3.62. The third-order valence-corrected chi connectivity index (χ3v) is 3.62. The van der Waals surface area contributed by atoms with Crippen LogP contribution in [0.1, 0.15) is 18.0 Å². The molecule has 0 aliphatic carbocycles. The molecule has 0 bridgehead atoms. The van der Waals surface area contributed by atoms with Crippen molar-refractivity contribution in [1.29, 1.82) is 0 Å². The highest BCUT2D eigenvalue weighted by atomic mass is 16.4. The Hall–Kier alpha value is -1.88. The van der Waals surface area contributed by atoms with Crippen LogP contribution < -0.4 is 5.32 Å². The van der Waals surface area contributed by atoms with E-state index in [0.717, 1.165) is 24.3 Å². The molecule has 0 spiro atoms. The summed E-state index contributed by atoms with van der Waals surface area (Å²) < 4.78 is 1.99. The summed E-state index contributed by atoms with van der Waals surface area (Å²) in [7, 11) is 0. The van der Waals surface area contributed by atoms with Crippen molar-refractivity contribution < 1.29 is 9.90 Å². The SMILES string of the molecule is O=C(O)C1CNCCC1c1cnc2ccccn12. The van der Waals surface area contributed by atoms with Crippen molar-refractivity contribution in [2.75, 3.05) is 13.1 Å². The van der Waals surface area contributed by atoms with Gasteiger partial charge in [-0.05, 0) is 25.1 Å². The number of nitrogens with one attached hydrogen (secondary N) is 1. The van der Waals surface area contributed by atoms with Crippen molar-refractivity contribution in [3.63, 3.8) is 0 Å². The van der Waals surface area contributed by atoms with E-state index in [-0.39, 0.29) is 11.8 Å². The van der Waals surface area contributed by atoms with E-state index in [4.69, 9.17) is 0 Å². The van der Waals surface area contributed by atoms with Gasteiger partial charge in [0.2, 0.25) is 0 Å². The molecule has 3 rings (SSSR count). The van der Waals surface area contributed by atoms with E-state index in [1.54, 1.807) is 6.20 Å². The standard InChI is InChI=1S/C13H15N3O2/c17-13(18)10-7-14-5-4-9(10)11-8-15-12-3-1-2-6-16(11)12/h1-3,6,8-10,14H,4-5,7H2,(H,17,18). The van der Waals surface area contributed by atoms with Crippen molar-refractivity contribution in [1.82, 2.24) is 14.7 Å². The Bertz CT molecular complexity index is 578. The van der Waals surface area contributed by atoms with Crippen LogP contribution in [0.4, 0.5) is 0 Å². The molecule has 94 valence electrons. The normalized spacial score (nSPS) is 24.2. The van der Waals surface area contributed by atoms with Gasteiger partial charge in [0.15, 0.2) is 0 Å². The summed E-state index contributed by atoms with van der Waals surface area (Å²) in [6, 6.07) is 5.80. The van der Waals surface area contributed by atoms with Crippen molar-refractivity contribution in [3.8, 4) is 0 Å².